The van der Waals surface area contributed by atoms with Crippen molar-refractivity contribution >= 4 is 29.4 Å². The van der Waals surface area contributed by atoms with Crippen molar-refractivity contribution in [3.05, 3.63) is 82.4 Å². The lowest BCUT2D eigenvalue weighted by Crippen LogP contribution is -2.50. The van der Waals surface area contributed by atoms with Gasteiger partial charge in [0.2, 0.25) is 11.8 Å². The predicted molar refractivity (Wildman–Crippen MR) is 176 cm³/mol. The zero-order chi connectivity index (χ0) is 34.2. The molecular weight excluding hydrogens is 606 g/mol. The first-order chi connectivity index (χ1) is 22.6. The van der Waals surface area contributed by atoms with Crippen LogP contribution in [-0.2, 0) is 19.1 Å². The molecule has 3 rings (SSSR count). The standard InChI is InChI=1S/C34H45N5O8/c1-4-22-47-31(40)23-29(27-10-6-7-12-30(27)39(44)45)37-34(43)28(36-33(42)25-17-20-38(3)21-18-25)11-8-9-19-35-32(41)24-13-15-26(16-14-24)46-5-2/h4,6-7,10,12-16,25,28-29H,1,5,8-9,11,17-23H2,2-3H3,(H,35,41)(H,36,42)(H,37,43). The Morgan fingerprint density at radius 3 is 2.43 bits per heavy atom. The van der Waals surface area contributed by atoms with Gasteiger partial charge in [0.1, 0.15) is 18.4 Å². The Hall–Kier alpha value is -4.78. The Balaban J connectivity index is 1.70. The van der Waals surface area contributed by atoms with E-state index in [4.69, 9.17) is 9.47 Å². The summed E-state index contributed by atoms with van der Waals surface area (Å²) >= 11 is 0. The van der Waals surface area contributed by atoms with Gasteiger partial charge in [-0.1, -0.05) is 30.9 Å². The zero-order valence-electron chi connectivity index (χ0n) is 27.1. The van der Waals surface area contributed by atoms with Crippen LogP contribution >= 0.6 is 0 Å². The highest BCUT2D eigenvalue weighted by molar-refractivity contribution is 5.94. The van der Waals surface area contributed by atoms with Crippen LogP contribution in [0.15, 0.2) is 61.2 Å². The first kappa shape index (κ1) is 36.7. The molecule has 1 saturated heterocycles. The highest BCUT2D eigenvalue weighted by atomic mass is 16.6. The molecule has 254 valence electrons. The van der Waals surface area contributed by atoms with E-state index in [0.717, 1.165) is 13.1 Å². The van der Waals surface area contributed by atoms with Crippen LogP contribution in [0.2, 0.25) is 0 Å². The Morgan fingerprint density at radius 1 is 1.06 bits per heavy atom. The number of nitro groups is 1. The lowest BCUT2D eigenvalue weighted by Gasteiger charge is -2.30. The van der Waals surface area contributed by atoms with Crippen LogP contribution in [0.25, 0.3) is 0 Å². The van der Waals surface area contributed by atoms with Gasteiger partial charge >= 0.3 is 5.97 Å². The van der Waals surface area contributed by atoms with E-state index >= 15 is 0 Å². The second-order valence-electron chi connectivity index (χ2n) is 11.4. The number of piperidine rings is 1. The fourth-order valence-corrected chi connectivity index (χ4v) is 5.31. The molecule has 1 fully saturated rings. The summed E-state index contributed by atoms with van der Waals surface area (Å²) in [5.74, 6) is -1.32. The van der Waals surface area contributed by atoms with Crippen LogP contribution in [0.4, 0.5) is 5.69 Å². The number of nitro benzene ring substituents is 1. The van der Waals surface area contributed by atoms with Crippen LogP contribution in [0, 0.1) is 16.0 Å². The van der Waals surface area contributed by atoms with E-state index in [2.05, 4.69) is 27.4 Å². The monoisotopic (exact) mass is 651 g/mol. The van der Waals surface area contributed by atoms with Gasteiger partial charge in [-0.2, -0.15) is 0 Å². The van der Waals surface area contributed by atoms with Gasteiger partial charge in [0.25, 0.3) is 11.6 Å². The molecule has 47 heavy (non-hydrogen) atoms. The Kier molecular flexibility index (Phi) is 14.8. The molecule has 0 radical (unpaired) electrons. The van der Waals surface area contributed by atoms with Crippen molar-refractivity contribution in [2.75, 3.05) is 39.9 Å². The summed E-state index contributed by atoms with van der Waals surface area (Å²) in [5, 5.41) is 20.3. The molecule has 3 amide bonds. The molecule has 1 aliphatic heterocycles. The molecule has 0 aromatic heterocycles. The van der Waals surface area contributed by atoms with Crippen LogP contribution in [0.3, 0.4) is 0 Å². The number of ether oxygens (including phenoxy) is 2. The SMILES string of the molecule is C=CCOC(=O)CC(NC(=O)C(CCCCNC(=O)c1ccc(OCC)cc1)NC(=O)C1CCN(C)CC1)c1ccccc1[N+](=O)[O-]. The number of hydrogen-bond acceptors (Lipinski definition) is 9. The fourth-order valence-electron chi connectivity index (χ4n) is 5.31. The van der Waals surface area contributed by atoms with Crippen LogP contribution in [0.1, 0.15) is 67.4 Å². The van der Waals surface area contributed by atoms with Crippen molar-refractivity contribution in [1.29, 1.82) is 0 Å². The highest BCUT2D eigenvalue weighted by Gasteiger charge is 2.31. The number of rotatable bonds is 18. The molecule has 2 aromatic rings. The van der Waals surface area contributed by atoms with E-state index in [1.54, 1.807) is 30.3 Å². The largest absolute Gasteiger partial charge is 0.494 e. The van der Waals surface area contributed by atoms with Crippen LogP contribution in [0.5, 0.6) is 5.75 Å². The summed E-state index contributed by atoms with van der Waals surface area (Å²) in [6.45, 7) is 7.73. The van der Waals surface area contributed by atoms with Crippen LogP contribution < -0.4 is 20.7 Å². The normalized spacial score (nSPS) is 14.7. The Labute approximate surface area is 275 Å². The van der Waals surface area contributed by atoms with Crippen LogP contribution in [-0.4, -0.2) is 79.5 Å². The van der Waals surface area contributed by atoms with Gasteiger partial charge in [0.15, 0.2) is 0 Å². The van der Waals surface area contributed by atoms with E-state index < -0.39 is 28.9 Å². The van der Waals surface area contributed by atoms with Crippen molar-refractivity contribution in [2.24, 2.45) is 5.92 Å². The Bertz CT molecular complexity index is 1370. The zero-order valence-corrected chi connectivity index (χ0v) is 27.1. The number of amides is 3. The molecular formula is C34H45N5O8. The molecule has 1 heterocycles. The fraction of sp³-hybridized carbons (Fsp3) is 0.471. The smallest absolute Gasteiger partial charge is 0.308 e. The van der Waals surface area contributed by atoms with Gasteiger partial charge in [0.05, 0.1) is 29.6 Å². The molecule has 0 saturated carbocycles. The minimum atomic E-state index is -1.09. The number of carbonyl (C=O) groups excluding carboxylic acids is 4. The first-order valence-electron chi connectivity index (χ1n) is 15.9. The van der Waals surface area contributed by atoms with Crippen molar-refractivity contribution in [3.63, 3.8) is 0 Å². The lowest BCUT2D eigenvalue weighted by atomic mass is 9.95. The van der Waals surface area contributed by atoms with Crippen molar-refractivity contribution in [2.45, 2.75) is 57.5 Å². The number of likely N-dealkylation sites (tertiary alicyclic amines) is 1. The summed E-state index contributed by atoms with van der Waals surface area (Å²) in [6.07, 6.45) is 3.59. The maximum Gasteiger partial charge on any atom is 0.308 e. The minimum Gasteiger partial charge on any atom is -0.494 e. The summed E-state index contributed by atoms with van der Waals surface area (Å²) in [7, 11) is 1.99. The average Bonchev–Trinajstić information content (AvgIpc) is 3.06. The Morgan fingerprint density at radius 2 is 1.77 bits per heavy atom. The number of carbonyl (C=O) groups is 4. The number of benzene rings is 2. The molecule has 2 atom stereocenters. The minimum absolute atomic E-state index is 0.0548. The van der Waals surface area contributed by atoms with E-state index in [0.29, 0.717) is 50.1 Å². The van der Waals surface area contributed by atoms with E-state index in [9.17, 15) is 29.3 Å². The number of nitrogens with one attached hydrogen (secondary N) is 3. The molecule has 2 unspecified atom stereocenters. The summed E-state index contributed by atoms with van der Waals surface area (Å²) in [5.41, 5.74) is 0.368. The van der Waals surface area contributed by atoms with E-state index in [1.165, 1.54) is 24.3 Å². The van der Waals surface area contributed by atoms with E-state index in [1.807, 2.05) is 14.0 Å². The molecule has 0 bridgehead atoms. The summed E-state index contributed by atoms with van der Waals surface area (Å²) in [4.78, 5) is 65.5. The number of nitrogens with zero attached hydrogens (tertiary/aromatic N) is 2. The van der Waals surface area contributed by atoms with Gasteiger partial charge in [-0.3, -0.25) is 29.3 Å². The van der Waals surface area contributed by atoms with Gasteiger partial charge in [0, 0.05) is 24.1 Å². The van der Waals surface area contributed by atoms with Crippen molar-refractivity contribution in [1.82, 2.24) is 20.9 Å². The summed E-state index contributed by atoms with van der Waals surface area (Å²) in [6, 6.07) is 10.6. The third kappa shape index (κ3) is 11.8. The quantitative estimate of drug-likeness (QED) is 0.0715. The van der Waals surface area contributed by atoms with E-state index in [-0.39, 0.29) is 48.4 Å². The first-order valence-corrected chi connectivity index (χ1v) is 15.9. The molecule has 2 aromatic carbocycles. The average molecular weight is 652 g/mol. The predicted octanol–water partition coefficient (Wildman–Crippen LogP) is 3.70. The molecule has 13 heteroatoms. The van der Waals surface area contributed by atoms with Gasteiger partial charge < -0.3 is 30.3 Å². The molecule has 1 aliphatic rings. The van der Waals surface area contributed by atoms with Gasteiger partial charge in [-0.25, -0.2) is 0 Å². The van der Waals surface area contributed by atoms with Gasteiger partial charge in [-0.15, -0.1) is 0 Å². The van der Waals surface area contributed by atoms with Crippen molar-refractivity contribution in [3.8, 4) is 5.75 Å². The highest BCUT2D eigenvalue weighted by Crippen LogP contribution is 2.28. The third-order valence-corrected chi connectivity index (χ3v) is 7.91. The van der Waals surface area contributed by atoms with Crippen molar-refractivity contribution < 1.29 is 33.6 Å². The lowest BCUT2D eigenvalue weighted by molar-refractivity contribution is -0.385. The van der Waals surface area contributed by atoms with Gasteiger partial charge in [-0.05, 0) is 83.4 Å². The third-order valence-electron chi connectivity index (χ3n) is 7.91. The summed E-state index contributed by atoms with van der Waals surface area (Å²) < 4.78 is 10.5. The molecule has 3 N–H and O–H groups in total. The molecule has 0 spiro atoms. The number of hydrogen-bond donors (Lipinski definition) is 3. The second kappa shape index (κ2) is 19.0. The molecule has 0 aliphatic carbocycles. The molecule has 13 nitrogen and oxygen atoms in total. The second-order valence-corrected chi connectivity index (χ2v) is 11.4. The maximum atomic E-state index is 13.8. The number of unbranched alkanes of at least 4 members (excludes halogenated alkanes) is 1. The topological polar surface area (TPSA) is 169 Å². The number of esters is 1. The maximum absolute atomic E-state index is 13.8. The number of para-hydroxylation sites is 1.